The second kappa shape index (κ2) is 6.97. The minimum Gasteiger partial charge on any atom is -0.384 e. The van der Waals surface area contributed by atoms with E-state index in [-0.39, 0.29) is 5.84 Å². The van der Waals surface area contributed by atoms with Gasteiger partial charge in [-0.1, -0.05) is 54.6 Å². The first-order chi connectivity index (χ1) is 13.2. The minimum absolute atomic E-state index is 0.0136. The molecule has 5 heteroatoms. The Labute approximate surface area is 157 Å². The van der Waals surface area contributed by atoms with Crippen molar-refractivity contribution in [3.05, 3.63) is 83.9 Å². The Morgan fingerprint density at radius 3 is 2.04 bits per heavy atom. The Kier molecular flexibility index (Phi) is 4.36. The lowest BCUT2D eigenvalue weighted by atomic mass is 10.0. The number of nitrogens with zero attached hydrogens (tertiary/aromatic N) is 2. The van der Waals surface area contributed by atoms with Crippen molar-refractivity contribution in [3.63, 3.8) is 0 Å². The van der Waals surface area contributed by atoms with Crippen LogP contribution in [-0.2, 0) is 6.54 Å². The molecular formula is C22H19N5. The van der Waals surface area contributed by atoms with E-state index in [2.05, 4.69) is 0 Å². The van der Waals surface area contributed by atoms with E-state index in [0.717, 1.165) is 33.6 Å². The lowest BCUT2D eigenvalue weighted by Gasteiger charge is -2.11. The molecule has 5 nitrogen and oxygen atoms in total. The number of benzene rings is 3. The van der Waals surface area contributed by atoms with Gasteiger partial charge in [-0.05, 0) is 23.8 Å². The van der Waals surface area contributed by atoms with Gasteiger partial charge < -0.3 is 11.5 Å². The standard InChI is InChI=1S/C22H19N5/c23-13-14-6-8-16(9-7-14)21-20(15-4-2-1-3-5-15)26-18-11-10-17(22(24)25)12-19(18)27-21/h1-12H,13,23H2,(H3,24,25). The zero-order chi connectivity index (χ0) is 18.8. The van der Waals surface area contributed by atoms with Gasteiger partial charge in [0.2, 0.25) is 0 Å². The monoisotopic (exact) mass is 353 g/mol. The highest BCUT2D eigenvalue weighted by atomic mass is 14.8. The highest BCUT2D eigenvalue weighted by Crippen LogP contribution is 2.31. The van der Waals surface area contributed by atoms with Crippen molar-refractivity contribution in [2.75, 3.05) is 0 Å². The molecule has 4 aromatic rings. The van der Waals surface area contributed by atoms with Crippen molar-refractivity contribution >= 4 is 16.9 Å². The lowest BCUT2D eigenvalue weighted by molar-refractivity contribution is 1.07. The number of fused-ring (bicyclic) bond motifs is 1. The van der Waals surface area contributed by atoms with E-state index in [1.807, 2.05) is 60.7 Å². The Bertz CT molecular complexity index is 1120. The van der Waals surface area contributed by atoms with E-state index < -0.39 is 0 Å². The predicted molar refractivity (Wildman–Crippen MR) is 109 cm³/mol. The molecule has 3 aromatic carbocycles. The maximum absolute atomic E-state index is 7.67. The van der Waals surface area contributed by atoms with Crippen LogP contribution < -0.4 is 11.5 Å². The Balaban J connectivity index is 1.97. The van der Waals surface area contributed by atoms with Crippen molar-refractivity contribution in [1.82, 2.24) is 9.97 Å². The molecule has 0 aliphatic carbocycles. The molecule has 0 radical (unpaired) electrons. The van der Waals surface area contributed by atoms with E-state index in [0.29, 0.717) is 17.6 Å². The molecule has 5 N–H and O–H groups in total. The number of nitrogens with one attached hydrogen (secondary N) is 1. The van der Waals surface area contributed by atoms with Gasteiger partial charge in [-0.15, -0.1) is 0 Å². The third-order valence-electron chi connectivity index (χ3n) is 4.49. The van der Waals surface area contributed by atoms with Crippen LogP contribution in [0.5, 0.6) is 0 Å². The summed E-state index contributed by atoms with van der Waals surface area (Å²) in [6.45, 7) is 0.497. The Hall–Kier alpha value is -3.57. The van der Waals surface area contributed by atoms with E-state index in [9.17, 15) is 0 Å². The highest BCUT2D eigenvalue weighted by Gasteiger charge is 2.14. The number of nitrogens with two attached hydrogens (primary N) is 2. The average molecular weight is 353 g/mol. The van der Waals surface area contributed by atoms with Crippen molar-refractivity contribution in [2.24, 2.45) is 11.5 Å². The number of rotatable bonds is 4. The zero-order valence-corrected chi connectivity index (χ0v) is 14.7. The predicted octanol–water partition coefficient (Wildman–Crippen LogP) is 3.71. The molecule has 0 spiro atoms. The number of hydrogen-bond donors (Lipinski definition) is 3. The number of nitrogen functional groups attached to an aromatic ring is 1. The molecule has 0 aliphatic heterocycles. The van der Waals surface area contributed by atoms with E-state index >= 15 is 0 Å². The molecule has 1 heterocycles. The maximum Gasteiger partial charge on any atom is 0.122 e. The van der Waals surface area contributed by atoms with Gasteiger partial charge in [0.15, 0.2) is 0 Å². The van der Waals surface area contributed by atoms with Crippen LogP contribution in [0, 0.1) is 5.41 Å². The van der Waals surface area contributed by atoms with Gasteiger partial charge >= 0.3 is 0 Å². The van der Waals surface area contributed by atoms with Crippen LogP contribution in [-0.4, -0.2) is 15.8 Å². The smallest absolute Gasteiger partial charge is 0.122 e. The van der Waals surface area contributed by atoms with Gasteiger partial charge in [-0.2, -0.15) is 0 Å². The summed E-state index contributed by atoms with van der Waals surface area (Å²) in [7, 11) is 0. The van der Waals surface area contributed by atoms with Crippen LogP contribution >= 0.6 is 0 Å². The van der Waals surface area contributed by atoms with Gasteiger partial charge in [0.1, 0.15) is 5.84 Å². The third kappa shape index (κ3) is 3.28. The fraction of sp³-hybridized carbons (Fsp3) is 0.0455. The Morgan fingerprint density at radius 1 is 0.778 bits per heavy atom. The summed E-state index contributed by atoms with van der Waals surface area (Å²) < 4.78 is 0. The molecule has 0 fully saturated rings. The average Bonchev–Trinajstić information content (AvgIpc) is 2.73. The summed E-state index contributed by atoms with van der Waals surface area (Å²) in [5.41, 5.74) is 18.1. The topological polar surface area (TPSA) is 102 Å². The largest absolute Gasteiger partial charge is 0.384 e. The molecule has 0 bridgehead atoms. The molecule has 4 rings (SSSR count). The molecule has 0 saturated carbocycles. The molecule has 0 unspecified atom stereocenters. The van der Waals surface area contributed by atoms with E-state index in [1.54, 1.807) is 12.1 Å². The van der Waals surface area contributed by atoms with E-state index in [1.165, 1.54) is 0 Å². The number of amidine groups is 1. The van der Waals surface area contributed by atoms with Gasteiger partial charge in [-0.3, -0.25) is 5.41 Å². The second-order valence-electron chi connectivity index (χ2n) is 6.31. The second-order valence-corrected chi connectivity index (χ2v) is 6.31. The summed E-state index contributed by atoms with van der Waals surface area (Å²) in [5.74, 6) is 0.0136. The minimum atomic E-state index is 0.0136. The number of hydrogen-bond acceptors (Lipinski definition) is 4. The third-order valence-corrected chi connectivity index (χ3v) is 4.49. The summed E-state index contributed by atoms with van der Waals surface area (Å²) in [5, 5.41) is 7.67. The molecule has 0 atom stereocenters. The molecule has 132 valence electrons. The van der Waals surface area contributed by atoms with Crippen molar-refractivity contribution < 1.29 is 0 Å². The van der Waals surface area contributed by atoms with Crippen LogP contribution in [0.1, 0.15) is 11.1 Å². The van der Waals surface area contributed by atoms with Crippen LogP contribution in [0.15, 0.2) is 72.8 Å². The molecule has 1 aromatic heterocycles. The normalized spacial score (nSPS) is 10.9. The zero-order valence-electron chi connectivity index (χ0n) is 14.7. The van der Waals surface area contributed by atoms with E-state index in [4.69, 9.17) is 26.8 Å². The quantitative estimate of drug-likeness (QED) is 0.384. The summed E-state index contributed by atoms with van der Waals surface area (Å²) >= 11 is 0. The first-order valence-electron chi connectivity index (χ1n) is 8.66. The molecule has 0 aliphatic rings. The van der Waals surface area contributed by atoms with Crippen LogP contribution in [0.3, 0.4) is 0 Å². The van der Waals surface area contributed by atoms with Gasteiger partial charge in [0.05, 0.1) is 22.4 Å². The van der Waals surface area contributed by atoms with Crippen molar-refractivity contribution in [3.8, 4) is 22.5 Å². The first kappa shape index (κ1) is 16.9. The SMILES string of the molecule is N=C(N)c1ccc2nc(-c3ccccc3)c(-c3ccc(CN)cc3)nc2c1. The molecule has 0 saturated heterocycles. The molecule has 27 heavy (non-hydrogen) atoms. The fourth-order valence-electron chi connectivity index (χ4n) is 3.02. The molecular weight excluding hydrogens is 334 g/mol. The van der Waals surface area contributed by atoms with Gasteiger partial charge in [-0.25, -0.2) is 9.97 Å². The van der Waals surface area contributed by atoms with Crippen molar-refractivity contribution in [2.45, 2.75) is 6.54 Å². The first-order valence-corrected chi connectivity index (χ1v) is 8.66. The summed E-state index contributed by atoms with van der Waals surface area (Å²) in [6.07, 6.45) is 0. The lowest BCUT2D eigenvalue weighted by Crippen LogP contribution is -2.11. The van der Waals surface area contributed by atoms with Crippen molar-refractivity contribution in [1.29, 1.82) is 5.41 Å². The Morgan fingerprint density at radius 2 is 1.41 bits per heavy atom. The van der Waals surface area contributed by atoms with Crippen LogP contribution in [0.2, 0.25) is 0 Å². The molecule has 0 amide bonds. The highest BCUT2D eigenvalue weighted by molar-refractivity contribution is 5.98. The van der Waals surface area contributed by atoms with Gasteiger partial charge in [0, 0.05) is 23.2 Å². The van der Waals surface area contributed by atoms with Crippen LogP contribution in [0.4, 0.5) is 0 Å². The fourth-order valence-corrected chi connectivity index (χ4v) is 3.02. The maximum atomic E-state index is 7.67. The number of aromatic nitrogens is 2. The summed E-state index contributed by atoms with van der Waals surface area (Å²) in [4.78, 5) is 9.74. The van der Waals surface area contributed by atoms with Crippen LogP contribution in [0.25, 0.3) is 33.5 Å². The van der Waals surface area contributed by atoms with Gasteiger partial charge in [0.25, 0.3) is 0 Å². The summed E-state index contributed by atoms with van der Waals surface area (Å²) in [6, 6.07) is 23.5.